The predicted molar refractivity (Wildman–Crippen MR) is 103 cm³/mol. The van der Waals surface area contributed by atoms with Crippen molar-refractivity contribution in [1.29, 1.82) is 0 Å². The summed E-state index contributed by atoms with van der Waals surface area (Å²) in [6.45, 7) is 0.489. The second-order valence-corrected chi connectivity index (χ2v) is 7.14. The smallest absolute Gasteiger partial charge is 0.297 e. The second-order valence-electron chi connectivity index (χ2n) is 5.66. The summed E-state index contributed by atoms with van der Waals surface area (Å²) in [7, 11) is 0. The molecule has 0 saturated heterocycles. The first kappa shape index (κ1) is 16.7. The maximum absolute atomic E-state index is 12.6. The van der Waals surface area contributed by atoms with Gasteiger partial charge in [0, 0.05) is 17.1 Å². The van der Waals surface area contributed by atoms with Crippen molar-refractivity contribution < 1.29 is 0 Å². The molecule has 2 aromatic heterocycles. The molecule has 0 aliphatic heterocycles. The lowest BCUT2D eigenvalue weighted by molar-refractivity contribution is 0.793. The van der Waals surface area contributed by atoms with E-state index in [1.807, 2.05) is 54.6 Å². The molecule has 0 amide bonds. The predicted octanol–water partition coefficient (Wildman–Crippen LogP) is 3.40. The molecule has 2 aromatic carbocycles. The average molecular weight is 384 g/mol. The molecule has 0 unspecified atom stereocenters. The fourth-order valence-corrected chi connectivity index (χ4v) is 3.40. The SMILES string of the molecule is O=c1c(Cc2ccccc2)nnc2sc(CNc3ccc(Cl)cc3)nn12. The van der Waals surface area contributed by atoms with E-state index >= 15 is 0 Å². The Morgan fingerprint density at radius 1 is 1.04 bits per heavy atom. The van der Waals surface area contributed by atoms with Crippen molar-refractivity contribution in [2.24, 2.45) is 0 Å². The summed E-state index contributed by atoms with van der Waals surface area (Å²) in [5.74, 6) is 0. The zero-order chi connectivity index (χ0) is 17.9. The van der Waals surface area contributed by atoms with Gasteiger partial charge in [0.15, 0.2) is 0 Å². The Morgan fingerprint density at radius 3 is 2.58 bits per heavy atom. The molecule has 0 atom stereocenters. The van der Waals surface area contributed by atoms with Crippen LogP contribution in [0, 0.1) is 0 Å². The molecule has 6 nitrogen and oxygen atoms in total. The van der Waals surface area contributed by atoms with Gasteiger partial charge in [-0.15, -0.1) is 10.2 Å². The van der Waals surface area contributed by atoms with E-state index in [2.05, 4.69) is 20.6 Å². The van der Waals surface area contributed by atoms with Crippen LogP contribution >= 0.6 is 22.9 Å². The molecule has 8 heteroatoms. The first-order valence-electron chi connectivity index (χ1n) is 7.97. The van der Waals surface area contributed by atoms with E-state index in [-0.39, 0.29) is 5.56 Å². The molecule has 0 spiro atoms. The summed E-state index contributed by atoms with van der Waals surface area (Å²) < 4.78 is 1.33. The molecule has 2 heterocycles. The van der Waals surface area contributed by atoms with Crippen molar-refractivity contribution in [3.05, 3.63) is 86.2 Å². The minimum Gasteiger partial charge on any atom is -0.378 e. The van der Waals surface area contributed by atoms with E-state index in [1.54, 1.807) is 0 Å². The molecular weight excluding hydrogens is 370 g/mol. The third-order valence-corrected chi connectivity index (χ3v) is 4.95. The van der Waals surface area contributed by atoms with Crippen LogP contribution in [0.3, 0.4) is 0 Å². The van der Waals surface area contributed by atoms with Crippen LogP contribution in [0.25, 0.3) is 4.96 Å². The zero-order valence-electron chi connectivity index (χ0n) is 13.6. The summed E-state index contributed by atoms with van der Waals surface area (Å²) in [4.78, 5) is 13.1. The van der Waals surface area contributed by atoms with Crippen LogP contribution in [0.5, 0.6) is 0 Å². The Morgan fingerprint density at radius 2 is 1.81 bits per heavy atom. The van der Waals surface area contributed by atoms with Crippen molar-refractivity contribution in [3.8, 4) is 0 Å². The fraction of sp³-hybridized carbons (Fsp3) is 0.111. The number of aromatic nitrogens is 4. The van der Waals surface area contributed by atoms with Crippen LogP contribution in [0.4, 0.5) is 5.69 Å². The van der Waals surface area contributed by atoms with Crippen LogP contribution in [0.15, 0.2) is 59.4 Å². The van der Waals surface area contributed by atoms with Crippen LogP contribution < -0.4 is 10.9 Å². The Bertz CT molecular complexity index is 1090. The lowest BCUT2D eigenvalue weighted by atomic mass is 10.1. The number of hydrogen-bond acceptors (Lipinski definition) is 6. The van der Waals surface area contributed by atoms with Gasteiger partial charge in [0.05, 0.1) is 6.54 Å². The van der Waals surface area contributed by atoms with Crippen LogP contribution in [-0.4, -0.2) is 19.8 Å². The number of hydrogen-bond donors (Lipinski definition) is 1. The molecule has 0 bridgehead atoms. The molecule has 26 heavy (non-hydrogen) atoms. The van der Waals surface area contributed by atoms with E-state index in [9.17, 15) is 4.79 Å². The summed E-state index contributed by atoms with van der Waals surface area (Å²) in [6, 6.07) is 17.1. The number of benzene rings is 2. The minimum atomic E-state index is -0.229. The van der Waals surface area contributed by atoms with Crippen molar-refractivity contribution in [1.82, 2.24) is 19.8 Å². The average Bonchev–Trinajstić information content (AvgIpc) is 3.09. The summed E-state index contributed by atoms with van der Waals surface area (Å²) in [5.41, 5.74) is 2.10. The molecule has 0 aliphatic carbocycles. The van der Waals surface area contributed by atoms with Gasteiger partial charge in [-0.3, -0.25) is 4.79 Å². The van der Waals surface area contributed by atoms with Gasteiger partial charge in [-0.2, -0.15) is 9.61 Å². The summed E-state index contributed by atoms with van der Waals surface area (Å²) in [6.07, 6.45) is 0.436. The minimum absolute atomic E-state index is 0.229. The number of halogens is 1. The third kappa shape index (κ3) is 3.58. The fourth-order valence-electron chi connectivity index (χ4n) is 2.50. The number of anilines is 1. The van der Waals surface area contributed by atoms with Gasteiger partial charge in [0.1, 0.15) is 10.7 Å². The molecule has 0 fully saturated rings. The molecular formula is C18H14ClN5OS. The maximum Gasteiger partial charge on any atom is 0.297 e. The first-order valence-corrected chi connectivity index (χ1v) is 9.16. The Labute approximate surface area is 158 Å². The van der Waals surface area contributed by atoms with E-state index < -0.39 is 0 Å². The highest BCUT2D eigenvalue weighted by Crippen LogP contribution is 2.16. The van der Waals surface area contributed by atoms with Crippen molar-refractivity contribution in [2.75, 3.05) is 5.32 Å². The first-order chi connectivity index (χ1) is 12.7. The van der Waals surface area contributed by atoms with Crippen molar-refractivity contribution >= 4 is 33.6 Å². The third-order valence-electron chi connectivity index (χ3n) is 3.80. The van der Waals surface area contributed by atoms with E-state index in [0.717, 1.165) is 16.3 Å². The Hall–Kier alpha value is -2.77. The highest BCUT2D eigenvalue weighted by molar-refractivity contribution is 7.16. The highest BCUT2D eigenvalue weighted by Gasteiger charge is 2.12. The normalized spacial score (nSPS) is 11.0. The number of fused-ring (bicyclic) bond motifs is 1. The Kier molecular flexibility index (Phi) is 4.64. The number of nitrogens with one attached hydrogen (secondary N) is 1. The quantitative estimate of drug-likeness (QED) is 0.571. The van der Waals surface area contributed by atoms with E-state index in [1.165, 1.54) is 15.9 Å². The van der Waals surface area contributed by atoms with E-state index in [4.69, 9.17) is 11.6 Å². The second kappa shape index (κ2) is 7.23. The summed E-state index contributed by atoms with van der Waals surface area (Å²) >= 11 is 7.22. The van der Waals surface area contributed by atoms with Gasteiger partial charge in [0.2, 0.25) is 4.96 Å². The molecule has 4 rings (SSSR count). The van der Waals surface area contributed by atoms with Gasteiger partial charge in [-0.05, 0) is 29.8 Å². The molecule has 0 saturated carbocycles. The van der Waals surface area contributed by atoms with Gasteiger partial charge in [-0.25, -0.2) is 0 Å². The van der Waals surface area contributed by atoms with Gasteiger partial charge in [-0.1, -0.05) is 53.3 Å². The largest absolute Gasteiger partial charge is 0.378 e. The topological polar surface area (TPSA) is 72.2 Å². The molecule has 130 valence electrons. The van der Waals surface area contributed by atoms with Crippen LogP contribution in [0.2, 0.25) is 5.02 Å². The van der Waals surface area contributed by atoms with E-state index in [0.29, 0.717) is 28.6 Å². The number of rotatable bonds is 5. The highest BCUT2D eigenvalue weighted by atomic mass is 35.5. The zero-order valence-corrected chi connectivity index (χ0v) is 15.2. The Balaban J connectivity index is 1.56. The molecule has 4 aromatic rings. The van der Waals surface area contributed by atoms with Crippen molar-refractivity contribution in [3.63, 3.8) is 0 Å². The standard InChI is InChI=1S/C18H14ClN5OS/c19-13-6-8-14(9-7-13)20-11-16-23-24-17(25)15(21-22-18(24)26-16)10-12-4-2-1-3-5-12/h1-9,20H,10-11H2. The lowest BCUT2D eigenvalue weighted by Gasteiger charge is -2.03. The van der Waals surface area contributed by atoms with Gasteiger partial charge >= 0.3 is 0 Å². The van der Waals surface area contributed by atoms with Crippen LogP contribution in [0.1, 0.15) is 16.3 Å². The van der Waals surface area contributed by atoms with Crippen molar-refractivity contribution in [2.45, 2.75) is 13.0 Å². The summed E-state index contributed by atoms with van der Waals surface area (Å²) in [5, 5.41) is 17.3. The van der Waals surface area contributed by atoms with Crippen LogP contribution in [-0.2, 0) is 13.0 Å². The molecule has 0 aliphatic rings. The lowest BCUT2D eigenvalue weighted by Crippen LogP contribution is -2.22. The maximum atomic E-state index is 12.6. The molecule has 1 N–H and O–H groups in total. The van der Waals surface area contributed by atoms with Gasteiger partial charge < -0.3 is 5.32 Å². The molecule has 0 radical (unpaired) electrons. The monoisotopic (exact) mass is 383 g/mol. The van der Waals surface area contributed by atoms with Gasteiger partial charge in [0.25, 0.3) is 5.56 Å². The number of nitrogens with zero attached hydrogens (tertiary/aromatic N) is 4.